The molecule has 19 heavy (non-hydrogen) atoms. The number of aliphatic carboxylic acids is 1. The Kier molecular flexibility index (Phi) is 3.69. The third-order valence-electron chi connectivity index (χ3n) is 3.37. The van der Waals surface area contributed by atoms with Crippen LogP contribution < -0.4 is 10.6 Å². The molecule has 1 saturated heterocycles. The second-order valence-electron chi connectivity index (χ2n) is 4.70. The number of nitrogen functional groups attached to an aromatic ring is 1. The zero-order valence-electron chi connectivity index (χ0n) is 10.4. The van der Waals surface area contributed by atoms with Crippen molar-refractivity contribution in [1.82, 2.24) is 0 Å². The third-order valence-corrected chi connectivity index (χ3v) is 3.37. The average Bonchev–Trinajstić information content (AvgIpc) is 2.38. The van der Waals surface area contributed by atoms with Crippen LogP contribution in [0, 0.1) is 17.1 Å². The van der Waals surface area contributed by atoms with E-state index >= 15 is 0 Å². The van der Waals surface area contributed by atoms with Gasteiger partial charge in [-0.05, 0) is 31.0 Å². The number of anilines is 1. The molecule has 1 heterocycles. The van der Waals surface area contributed by atoms with Crippen molar-refractivity contribution in [2.75, 3.05) is 18.0 Å². The number of carbonyl (C=O) groups is 1. The van der Waals surface area contributed by atoms with E-state index < -0.39 is 17.7 Å². The first-order valence-corrected chi connectivity index (χ1v) is 6.10. The maximum Gasteiger partial charge on any atom is 0.308 e. The number of rotatable bonds is 3. The number of nitrogens with two attached hydrogens (primary N) is 1. The Balaban J connectivity index is 2.22. The standard InChI is InChI=1S/C13H16FN3O2/c14-10-6-8(12(15)16)3-4-11(10)17-5-1-2-9(7-17)13(18)19/h3-4,6,9H,1-2,5,7H2,(H3,15,16)(H,18,19). The summed E-state index contributed by atoms with van der Waals surface area (Å²) in [5.74, 6) is -1.96. The van der Waals surface area contributed by atoms with E-state index in [4.69, 9.17) is 16.2 Å². The molecule has 1 atom stereocenters. The minimum Gasteiger partial charge on any atom is -0.481 e. The number of benzene rings is 1. The van der Waals surface area contributed by atoms with Crippen LogP contribution in [0.3, 0.4) is 0 Å². The molecule has 2 rings (SSSR count). The van der Waals surface area contributed by atoms with Gasteiger partial charge in [0.05, 0.1) is 11.6 Å². The van der Waals surface area contributed by atoms with Crippen molar-refractivity contribution in [3.8, 4) is 0 Å². The number of amidine groups is 1. The van der Waals surface area contributed by atoms with Gasteiger partial charge >= 0.3 is 5.97 Å². The van der Waals surface area contributed by atoms with Gasteiger partial charge in [0.15, 0.2) is 0 Å². The van der Waals surface area contributed by atoms with E-state index in [2.05, 4.69) is 0 Å². The van der Waals surface area contributed by atoms with E-state index in [1.807, 2.05) is 0 Å². The molecule has 6 heteroatoms. The van der Waals surface area contributed by atoms with Crippen LogP contribution in [-0.2, 0) is 4.79 Å². The SMILES string of the molecule is N=C(N)c1ccc(N2CCCC(C(=O)O)C2)c(F)c1. The van der Waals surface area contributed by atoms with E-state index in [1.54, 1.807) is 17.0 Å². The molecule has 0 amide bonds. The van der Waals surface area contributed by atoms with Gasteiger partial charge in [-0.1, -0.05) is 0 Å². The summed E-state index contributed by atoms with van der Waals surface area (Å²) in [6, 6.07) is 4.34. The van der Waals surface area contributed by atoms with Crippen LogP contribution in [-0.4, -0.2) is 30.0 Å². The molecule has 5 nitrogen and oxygen atoms in total. The molecule has 4 N–H and O–H groups in total. The van der Waals surface area contributed by atoms with Crippen molar-refractivity contribution in [2.24, 2.45) is 11.7 Å². The summed E-state index contributed by atoms with van der Waals surface area (Å²) in [5, 5.41) is 16.3. The maximum atomic E-state index is 14.0. The van der Waals surface area contributed by atoms with Gasteiger partial charge < -0.3 is 15.7 Å². The Morgan fingerprint density at radius 3 is 2.84 bits per heavy atom. The smallest absolute Gasteiger partial charge is 0.308 e. The lowest BCUT2D eigenvalue weighted by molar-refractivity contribution is -0.141. The summed E-state index contributed by atoms with van der Waals surface area (Å²) < 4.78 is 14.0. The summed E-state index contributed by atoms with van der Waals surface area (Å²) in [6.45, 7) is 0.950. The van der Waals surface area contributed by atoms with Gasteiger partial charge in [0, 0.05) is 18.7 Å². The summed E-state index contributed by atoms with van der Waals surface area (Å²) in [6.07, 6.45) is 1.35. The van der Waals surface area contributed by atoms with E-state index in [0.29, 0.717) is 30.8 Å². The lowest BCUT2D eigenvalue weighted by Gasteiger charge is -2.32. The van der Waals surface area contributed by atoms with Gasteiger partial charge in [0.25, 0.3) is 0 Å². The van der Waals surface area contributed by atoms with Crippen LogP contribution in [0.15, 0.2) is 18.2 Å². The van der Waals surface area contributed by atoms with Crippen LogP contribution >= 0.6 is 0 Å². The van der Waals surface area contributed by atoms with Crippen LogP contribution in [0.25, 0.3) is 0 Å². The zero-order valence-corrected chi connectivity index (χ0v) is 10.4. The Morgan fingerprint density at radius 1 is 1.53 bits per heavy atom. The largest absolute Gasteiger partial charge is 0.481 e. The number of nitrogens with one attached hydrogen (secondary N) is 1. The van der Waals surface area contributed by atoms with Crippen molar-refractivity contribution in [2.45, 2.75) is 12.8 Å². The first-order chi connectivity index (χ1) is 8.99. The summed E-state index contributed by atoms with van der Waals surface area (Å²) in [5.41, 5.74) is 6.00. The van der Waals surface area contributed by atoms with Crippen LogP contribution in [0.5, 0.6) is 0 Å². The molecule has 1 aliphatic rings. The molecule has 1 aliphatic heterocycles. The predicted octanol–water partition coefficient (Wildman–Crippen LogP) is 1.41. The van der Waals surface area contributed by atoms with Crippen molar-refractivity contribution in [3.05, 3.63) is 29.6 Å². The van der Waals surface area contributed by atoms with Gasteiger partial charge in [-0.3, -0.25) is 10.2 Å². The fourth-order valence-corrected chi connectivity index (χ4v) is 2.33. The molecule has 0 aliphatic carbocycles. The van der Waals surface area contributed by atoms with Crippen LogP contribution in [0.4, 0.5) is 10.1 Å². The number of hydrogen-bond donors (Lipinski definition) is 3. The molecule has 1 fully saturated rings. The van der Waals surface area contributed by atoms with Crippen LogP contribution in [0.2, 0.25) is 0 Å². The van der Waals surface area contributed by atoms with Crippen molar-refractivity contribution < 1.29 is 14.3 Å². The highest BCUT2D eigenvalue weighted by molar-refractivity contribution is 5.95. The minimum atomic E-state index is -0.842. The molecule has 0 saturated carbocycles. The van der Waals surface area contributed by atoms with Crippen LogP contribution in [0.1, 0.15) is 18.4 Å². The summed E-state index contributed by atoms with van der Waals surface area (Å²) in [7, 11) is 0. The molecular weight excluding hydrogens is 249 g/mol. The van der Waals surface area contributed by atoms with Gasteiger partial charge in [-0.2, -0.15) is 0 Å². The number of carboxylic acids is 1. The highest BCUT2D eigenvalue weighted by atomic mass is 19.1. The molecule has 0 aromatic heterocycles. The van der Waals surface area contributed by atoms with E-state index in [0.717, 1.165) is 6.42 Å². The van der Waals surface area contributed by atoms with Gasteiger partial charge in [-0.25, -0.2) is 4.39 Å². The van der Waals surface area contributed by atoms with E-state index in [-0.39, 0.29) is 5.84 Å². The molecule has 0 bridgehead atoms. The number of hydrogen-bond acceptors (Lipinski definition) is 3. The Bertz CT molecular complexity index is 519. The third kappa shape index (κ3) is 2.83. The molecule has 0 spiro atoms. The lowest BCUT2D eigenvalue weighted by Crippen LogP contribution is -2.39. The lowest BCUT2D eigenvalue weighted by atomic mass is 9.97. The van der Waals surface area contributed by atoms with Crippen molar-refractivity contribution in [1.29, 1.82) is 5.41 Å². The molecule has 1 unspecified atom stereocenters. The molecule has 1 aromatic rings. The number of nitrogens with zero attached hydrogens (tertiary/aromatic N) is 1. The van der Waals surface area contributed by atoms with Gasteiger partial charge in [-0.15, -0.1) is 0 Å². The Morgan fingerprint density at radius 2 is 2.26 bits per heavy atom. The van der Waals surface area contributed by atoms with E-state index in [9.17, 15) is 9.18 Å². The quantitative estimate of drug-likeness (QED) is 0.569. The highest BCUT2D eigenvalue weighted by Gasteiger charge is 2.26. The molecular formula is C13H16FN3O2. The van der Waals surface area contributed by atoms with Gasteiger partial charge in [0.1, 0.15) is 11.7 Å². The topological polar surface area (TPSA) is 90.4 Å². The molecule has 0 radical (unpaired) electrons. The first-order valence-electron chi connectivity index (χ1n) is 6.10. The number of piperidine rings is 1. The monoisotopic (exact) mass is 265 g/mol. The zero-order chi connectivity index (χ0) is 14.0. The number of halogens is 1. The Hall–Kier alpha value is -2.11. The molecule has 1 aromatic carbocycles. The highest BCUT2D eigenvalue weighted by Crippen LogP contribution is 2.26. The summed E-state index contributed by atoms with van der Waals surface area (Å²) in [4.78, 5) is 12.7. The second kappa shape index (κ2) is 5.26. The average molecular weight is 265 g/mol. The number of carboxylic acid groups (broad SMARTS) is 1. The first kappa shape index (κ1) is 13.3. The predicted molar refractivity (Wildman–Crippen MR) is 70.0 cm³/mol. The normalized spacial score (nSPS) is 19.2. The maximum absolute atomic E-state index is 14.0. The second-order valence-corrected chi connectivity index (χ2v) is 4.70. The molecule has 102 valence electrons. The van der Waals surface area contributed by atoms with E-state index in [1.165, 1.54) is 6.07 Å². The Labute approximate surface area is 110 Å². The van der Waals surface area contributed by atoms with Gasteiger partial charge in [0.2, 0.25) is 0 Å². The van der Waals surface area contributed by atoms with Crippen molar-refractivity contribution in [3.63, 3.8) is 0 Å². The minimum absolute atomic E-state index is 0.187. The summed E-state index contributed by atoms with van der Waals surface area (Å²) >= 11 is 0. The fraction of sp³-hybridized carbons (Fsp3) is 0.385. The van der Waals surface area contributed by atoms with Crippen molar-refractivity contribution >= 4 is 17.5 Å². The fourth-order valence-electron chi connectivity index (χ4n) is 2.33.